The van der Waals surface area contributed by atoms with Gasteiger partial charge in [-0.25, -0.2) is 13.4 Å². The Morgan fingerprint density at radius 1 is 1.21 bits per heavy atom. The van der Waals surface area contributed by atoms with Crippen molar-refractivity contribution in [3.05, 3.63) is 35.7 Å². The molecular formula is C17H13ClF3N5O5S2. The molecule has 0 aliphatic carbocycles. The molecule has 1 aliphatic heterocycles. The molecule has 0 bridgehead atoms. The first-order valence-electron chi connectivity index (χ1n) is 9.08. The molecule has 33 heavy (non-hydrogen) atoms. The van der Waals surface area contributed by atoms with Crippen LogP contribution in [-0.2, 0) is 14.8 Å². The van der Waals surface area contributed by atoms with E-state index in [9.17, 15) is 31.5 Å². The molecular weight excluding hydrogens is 511 g/mol. The fraction of sp³-hybridized carbons (Fsp3) is 0.294. The average Bonchev–Trinajstić information content (AvgIpc) is 3.15. The second-order valence-electron chi connectivity index (χ2n) is 6.76. The Kier molecular flexibility index (Phi) is 6.07. The molecule has 3 aromatic rings. The first-order chi connectivity index (χ1) is 15.4. The van der Waals surface area contributed by atoms with E-state index >= 15 is 0 Å². The van der Waals surface area contributed by atoms with Crippen LogP contribution in [0.5, 0.6) is 5.75 Å². The number of aromatic nitrogens is 3. The number of benzene rings is 1. The number of ether oxygens (including phenoxy) is 1. The number of nitrogens with zero attached hydrogens (tertiary/aromatic N) is 5. The second kappa shape index (κ2) is 8.55. The lowest BCUT2D eigenvalue weighted by Crippen LogP contribution is -2.58. The van der Waals surface area contributed by atoms with E-state index < -0.39 is 34.1 Å². The molecule has 1 fully saturated rings. The van der Waals surface area contributed by atoms with Gasteiger partial charge < -0.3 is 14.7 Å². The molecule has 176 valence electrons. The Morgan fingerprint density at radius 3 is 2.55 bits per heavy atom. The first kappa shape index (κ1) is 23.4. The standard InChI is InChI=1S/C17H13ClF3N5O5S2/c18-15-22-7-12-13(23-15)24-16(32-12)25-5-6-26(11(8-25)14(27)28)33(29,30)10-3-1-9(2-4-10)31-17(19,20)21/h1-4,7,11H,5-6,8H2,(H,27,28)/t11-/m1/s1. The maximum Gasteiger partial charge on any atom is 0.573 e. The SMILES string of the molecule is O=C(O)[C@H]1CN(c2nc3nc(Cl)ncc3s2)CCN1S(=O)(=O)c1ccc(OC(F)(F)F)cc1. The summed E-state index contributed by atoms with van der Waals surface area (Å²) in [5.74, 6) is -1.98. The molecule has 1 saturated heterocycles. The Bertz CT molecular complexity index is 1300. The maximum atomic E-state index is 13.1. The number of anilines is 1. The summed E-state index contributed by atoms with van der Waals surface area (Å²) in [6.45, 7) is -0.271. The molecule has 0 saturated carbocycles. The third-order valence-electron chi connectivity index (χ3n) is 4.66. The normalized spacial score (nSPS) is 17.9. The molecule has 1 aromatic carbocycles. The van der Waals surface area contributed by atoms with Crippen molar-refractivity contribution in [3.63, 3.8) is 0 Å². The van der Waals surface area contributed by atoms with Crippen molar-refractivity contribution in [2.75, 3.05) is 24.5 Å². The molecule has 10 nitrogen and oxygen atoms in total. The zero-order valence-corrected chi connectivity index (χ0v) is 18.6. The number of aliphatic carboxylic acids is 1. The average molecular weight is 524 g/mol. The van der Waals surface area contributed by atoms with Gasteiger partial charge in [-0.15, -0.1) is 13.2 Å². The van der Waals surface area contributed by atoms with Crippen molar-refractivity contribution < 1.29 is 36.2 Å². The van der Waals surface area contributed by atoms with Crippen LogP contribution in [-0.4, -0.2) is 70.8 Å². The van der Waals surface area contributed by atoms with E-state index in [0.717, 1.165) is 28.6 Å². The van der Waals surface area contributed by atoms with Gasteiger partial charge >= 0.3 is 12.3 Å². The first-order valence-corrected chi connectivity index (χ1v) is 11.7. The number of sulfonamides is 1. The molecule has 0 amide bonds. The van der Waals surface area contributed by atoms with Gasteiger partial charge in [0.05, 0.1) is 15.8 Å². The van der Waals surface area contributed by atoms with Crippen LogP contribution >= 0.6 is 22.9 Å². The van der Waals surface area contributed by atoms with Crippen molar-refractivity contribution in [2.24, 2.45) is 0 Å². The number of alkyl halides is 3. The lowest BCUT2D eigenvalue weighted by atomic mass is 10.2. The number of hydrogen-bond acceptors (Lipinski definition) is 9. The highest BCUT2D eigenvalue weighted by molar-refractivity contribution is 7.89. The quantitative estimate of drug-likeness (QED) is 0.502. The van der Waals surface area contributed by atoms with E-state index in [-0.39, 0.29) is 29.8 Å². The van der Waals surface area contributed by atoms with Gasteiger partial charge in [0, 0.05) is 19.6 Å². The lowest BCUT2D eigenvalue weighted by molar-refractivity contribution is -0.274. The number of piperazine rings is 1. The summed E-state index contributed by atoms with van der Waals surface area (Å²) in [5.41, 5.74) is 0.332. The van der Waals surface area contributed by atoms with Crippen LogP contribution < -0.4 is 9.64 Å². The van der Waals surface area contributed by atoms with Crippen LogP contribution in [0.4, 0.5) is 18.3 Å². The molecule has 0 spiro atoms. The van der Waals surface area contributed by atoms with Gasteiger partial charge in [-0.2, -0.15) is 14.3 Å². The fourth-order valence-electron chi connectivity index (χ4n) is 3.22. The molecule has 1 aliphatic rings. The minimum absolute atomic E-state index is 0.00493. The van der Waals surface area contributed by atoms with Crippen LogP contribution in [0.25, 0.3) is 10.3 Å². The lowest BCUT2D eigenvalue weighted by Gasteiger charge is -2.38. The molecule has 4 rings (SSSR count). The number of thiazole rings is 1. The molecule has 2 aromatic heterocycles. The highest BCUT2D eigenvalue weighted by Gasteiger charge is 2.41. The second-order valence-corrected chi connectivity index (χ2v) is 10.00. The highest BCUT2D eigenvalue weighted by Crippen LogP contribution is 2.31. The Morgan fingerprint density at radius 2 is 1.91 bits per heavy atom. The van der Waals surface area contributed by atoms with Crippen molar-refractivity contribution >= 4 is 54.4 Å². The minimum Gasteiger partial charge on any atom is -0.480 e. The fourth-order valence-corrected chi connectivity index (χ4v) is 5.82. The number of rotatable bonds is 5. The Labute approximate surface area is 193 Å². The number of fused-ring (bicyclic) bond motifs is 1. The van der Waals surface area contributed by atoms with Gasteiger partial charge in [0.2, 0.25) is 15.3 Å². The largest absolute Gasteiger partial charge is 0.573 e. The van der Waals surface area contributed by atoms with E-state index in [1.807, 2.05) is 0 Å². The summed E-state index contributed by atoms with van der Waals surface area (Å²) in [7, 11) is -4.32. The van der Waals surface area contributed by atoms with Crippen LogP contribution in [0.15, 0.2) is 35.4 Å². The van der Waals surface area contributed by atoms with Crippen molar-refractivity contribution in [1.29, 1.82) is 0 Å². The van der Waals surface area contributed by atoms with Crippen molar-refractivity contribution in [3.8, 4) is 5.75 Å². The predicted octanol–water partition coefficient (Wildman–Crippen LogP) is 2.60. The highest BCUT2D eigenvalue weighted by atomic mass is 35.5. The number of carbonyl (C=O) groups is 1. The molecule has 1 atom stereocenters. The number of halogens is 4. The topological polar surface area (TPSA) is 126 Å². The van der Waals surface area contributed by atoms with Gasteiger partial charge in [0.1, 0.15) is 11.8 Å². The third-order valence-corrected chi connectivity index (χ3v) is 7.80. The van der Waals surface area contributed by atoms with E-state index in [1.54, 1.807) is 4.90 Å². The monoisotopic (exact) mass is 523 g/mol. The smallest absolute Gasteiger partial charge is 0.480 e. The van der Waals surface area contributed by atoms with Crippen molar-refractivity contribution in [2.45, 2.75) is 17.3 Å². The van der Waals surface area contributed by atoms with Gasteiger partial charge in [-0.1, -0.05) is 11.3 Å². The van der Waals surface area contributed by atoms with Crippen LogP contribution in [0.1, 0.15) is 0 Å². The van der Waals surface area contributed by atoms with Crippen molar-refractivity contribution in [1.82, 2.24) is 19.3 Å². The summed E-state index contributed by atoms with van der Waals surface area (Å²) in [4.78, 5) is 25.3. The van der Waals surface area contributed by atoms with Crippen LogP contribution in [0, 0.1) is 0 Å². The zero-order chi connectivity index (χ0) is 24.0. The maximum absolute atomic E-state index is 13.1. The Hall–Kier alpha value is -2.75. The van der Waals surface area contributed by atoms with E-state index in [0.29, 0.717) is 15.5 Å². The van der Waals surface area contributed by atoms with Crippen LogP contribution in [0.2, 0.25) is 5.28 Å². The molecule has 0 radical (unpaired) electrons. The van der Waals surface area contributed by atoms with Gasteiger partial charge in [0.15, 0.2) is 10.8 Å². The van der Waals surface area contributed by atoms with Gasteiger partial charge in [-0.05, 0) is 35.9 Å². The summed E-state index contributed by atoms with van der Waals surface area (Å²) >= 11 is 6.96. The summed E-state index contributed by atoms with van der Waals surface area (Å²) in [6, 6.07) is 2.09. The van der Waals surface area contributed by atoms with E-state index in [2.05, 4.69) is 19.7 Å². The van der Waals surface area contributed by atoms with Crippen LogP contribution in [0.3, 0.4) is 0 Å². The molecule has 3 heterocycles. The van der Waals surface area contributed by atoms with E-state index in [1.165, 1.54) is 17.5 Å². The van der Waals surface area contributed by atoms with Gasteiger partial charge in [-0.3, -0.25) is 4.79 Å². The minimum atomic E-state index is -4.93. The molecule has 0 unspecified atom stereocenters. The summed E-state index contributed by atoms with van der Waals surface area (Å²) < 4.78 is 68.3. The van der Waals surface area contributed by atoms with Gasteiger partial charge in [0.25, 0.3) is 0 Å². The Balaban J connectivity index is 1.57. The summed E-state index contributed by atoms with van der Waals surface area (Å²) in [6.07, 6.45) is -3.45. The number of hydrogen-bond donors (Lipinski definition) is 1. The summed E-state index contributed by atoms with van der Waals surface area (Å²) in [5, 5.41) is 10.1. The van der Waals surface area contributed by atoms with E-state index in [4.69, 9.17) is 11.6 Å². The zero-order valence-electron chi connectivity index (χ0n) is 16.2. The number of carboxylic acid groups (broad SMARTS) is 1. The molecule has 16 heteroatoms. The third kappa shape index (κ3) is 4.95. The predicted molar refractivity (Wildman–Crippen MR) is 111 cm³/mol. The number of carboxylic acids is 1. The molecule has 1 N–H and O–H groups in total.